The Bertz CT molecular complexity index is 552. The van der Waals surface area contributed by atoms with Crippen LogP contribution in [0.1, 0.15) is 10.6 Å². The van der Waals surface area contributed by atoms with Gasteiger partial charge >= 0.3 is 0 Å². The summed E-state index contributed by atoms with van der Waals surface area (Å²) < 4.78 is 0. The number of para-hydroxylation sites is 2. The monoisotopic (exact) mass is 233 g/mol. The van der Waals surface area contributed by atoms with Gasteiger partial charge in [-0.05, 0) is 6.07 Å². The molecule has 0 atom stereocenters. The summed E-state index contributed by atoms with van der Waals surface area (Å²) in [5.41, 5.74) is -0.0701. The van der Waals surface area contributed by atoms with Gasteiger partial charge in [0.2, 0.25) is 5.82 Å². The van der Waals surface area contributed by atoms with Crippen LogP contribution in [-0.2, 0) is 0 Å². The number of benzene rings is 1. The molecule has 8 heteroatoms. The average molecular weight is 233 g/mol. The molecule has 1 aromatic heterocycles. The van der Waals surface area contributed by atoms with Crippen molar-refractivity contribution in [3.8, 4) is 0 Å². The second-order valence-corrected chi connectivity index (χ2v) is 3.06. The van der Waals surface area contributed by atoms with E-state index >= 15 is 0 Å². The van der Waals surface area contributed by atoms with Gasteiger partial charge in [-0.3, -0.25) is 20.0 Å². The molecule has 0 spiro atoms. The number of aromatic amines is 1. The van der Waals surface area contributed by atoms with Crippen LogP contribution in [0.15, 0.2) is 30.6 Å². The van der Waals surface area contributed by atoms with Crippen molar-refractivity contribution in [2.75, 3.05) is 5.32 Å². The van der Waals surface area contributed by atoms with E-state index in [1.807, 2.05) is 0 Å². The number of nitrogens with zero attached hydrogens (tertiary/aromatic N) is 3. The predicted molar refractivity (Wildman–Crippen MR) is 57.4 cm³/mol. The molecule has 1 aromatic carbocycles. The number of nitrogens with one attached hydrogen (secondary N) is 2. The number of carbonyl (C=O) groups is 1. The fourth-order valence-electron chi connectivity index (χ4n) is 1.23. The Morgan fingerprint density at radius 1 is 1.41 bits per heavy atom. The SMILES string of the molecule is O=C(Nc1ccccc1[N+](=O)[O-])c1ncn[nH]1. The van der Waals surface area contributed by atoms with Gasteiger partial charge in [0, 0.05) is 6.07 Å². The summed E-state index contributed by atoms with van der Waals surface area (Å²) in [5.74, 6) is -0.597. The highest BCUT2D eigenvalue weighted by Gasteiger charge is 2.16. The van der Waals surface area contributed by atoms with Crippen molar-refractivity contribution >= 4 is 17.3 Å². The third kappa shape index (κ3) is 2.25. The number of amides is 1. The van der Waals surface area contributed by atoms with Crippen molar-refractivity contribution in [1.82, 2.24) is 15.2 Å². The molecule has 1 heterocycles. The number of H-pyrrole nitrogens is 1. The molecular formula is C9H7N5O3. The molecule has 8 nitrogen and oxygen atoms in total. The maximum atomic E-state index is 11.6. The maximum absolute atomic E-state index is 11.6. The molecule has 0 radical (unpaired) electrons. The third-order valence-corrected chi connectivity index (χ3v) is 1.98. The highest BCUT2D eigenvalue weighted by molar-refractivity contribution is 6.02. The molecular weight excluding hydrogens is 226 g/mol. The highest BCUT2D eigenvalue weighted by atomic mass is 16.6. The van der Waals surface area contributed by atoms with Crippen molar-refractivity contribution in [3.63, 3.8) is 0 Å². The molecule has 0 aliphatic heterocycles. The summed E-state index contributed by atoms with van der Waals surface area (Å²) in [6.45, 7) is 0. The molecule has 2 rings (SSSR count). The van der Waals surface area contributed by atoms with Crippen molar-refractivity contribution in [1.29, 1.82) is 0 Å². The normalized spacial score (nSPS) is 9.88. The standard InChI is InChI=1S/C9H7N5O3/c15-9(8-10-5-11-13-8)12-6-3-1-2-4-7(6)14(16)17/h1-5H,(H,12,15)(H,10,11,13). The minimum absolute atomic E-state index is 0.0110. The number of anilines is 1. The van der Waals surface area contributed by atoms with Crippen molar-refractivity contribution in [3.05, 3.63) is 46.5 Å². The number of hydrogen-bond acceptors (Lipinski definition) is 5. The van der Waals surface area contributed by atoms with E-state index in [1.54, 1.807) is 6.07 Å². The molecule has 0 aliphatic carbocycles. The lowest BCUT2D eigenvalue weighted by Crippen LogP contribution is -2.14. The van der Waals surface area contributed by atoms with E-state index in [0.717, 1.165) is 0 Å². The number of nitro benzene ring substituents is 1. The highest BCUT2D eigenvalue weighted by Crippen LogP contribution is 2.23. The van der Waals surface area contributed by atoms with Crippen LogP contribution >= 0.6 is 0 Å². The van der Waals surface area contributed by atoms with Gasteiger partial charge in [-0.2, -0.15) is 5.10 Å². The van der Waals surface area contributed by atoms with E-state index in [2.05, 4.69) is 20.5 Å². The van der Waals surface area contributed by atoms with Gasteiger partial charge in [0.05, 0.1) is 4.92 Å². The van der Waals surface area contributed by atoms with Gasteiger partial charge in [0.15, 0.2) is 0 Å². The zero-order valence-corrected chi connectivity index (χ0v) is 8.45. The van der Waals surface area contributed by atoms with Crippen molar-refractivity contribution in [2.45, 2.75) is 0 Å². The van der Waals surface area contributed by atoms with E-state index in [-0.39, 0.29) is 17.2 Å². The van der Waals surface area contributed by atoms with E-state index in [9.17, 15) is 14.9 Å². The molecule has 86 valence electrons. The second-order valence-electron chi connectivity index (χ2n) is 3.06. The predicted octanol–water partition coefficient (Wildman–Crippen LogP) is 0.965. The lowest BCUT2D eigenvalue weighted by Gasteiger charge is -2.03. The van der Waals surface area contributed by atoms with Crippen molar-refractivity contribution in [2.24, 2.45) is 0 Å². The Morgan fingerprint density at radius 3 is 2.82 bits per heavy atom. The van der Waals surface area contributed by atoms with Crippen LogP contribution in [0.4, 0.5) is 11.4 Å². The Balaban J connectivity index is 2.25. The van der Waals surface area contributed by atoms with E-state index in [1.165, 1.54) is 24.5 Å². The molecule has 0 fully saturated rings. The molecule has 0 saturated heterocycles. The second kappa shape index (κ2) is 4.39. The van der Waals surface area contributed by atoms with Crippen LogP contribution in [0, 0.1) is 10.1 Å². The summed E-state index contributed by atoms with van der Waals surface area (Å²) in [6, 6.07) is 5.84. The average Bonchev–Trinajstić information content (AvgIpc) is 2.83. The summed E-state index contributed by atoms with van der Waals surface area (Å²) in [6.07, 6.45) is 1.17. The molecule has 0 aliphatic rings. The van der Waals surface area contributed by atoms with Gasteiger partial charge in [-0.25, -0.2) is 4.98 Å². The summed E-state index contributed by atoms with van der Waals surface area (Å²) in [7, 11) is 0. The largest absolute Gasteiger partial charge is 0.313 e. The van der Waals surface area contributed by atoms with Gasteiger partial charge in [0.1, 0.15) is 12.0 Å². The molecule has 2 aromatic rings. The topological polar surface area (TPSA) is 114 Å². The van der Waals surface area contributed by atoms with Gasteiger partial charge in [-0.1, -0.05) is 12.1 Å². The minimum atomic E-state index is -0.586. The quantitative estimate of drug-likeness (QED) is 0.605. The molecule has 0 bridgehead atoms. The first-order valence-corrected chi connectivity index (χ1v) is 4.58. The first kappa shape index (κ1) is 10.7. The smallest absolute Gasteiger partial charge is 0.293 e. The number of carbonyl (C=O) groups excluding carboxylic acids is 1. The summed E-state index contributed by atoms with van der Waals surface area (Å²) in [4.78, 5) is 25.4. The summed E-state index contributed by atoms with van der Waals surface area (Å²) >= 11 is 0. The van der Waals surface area contributed by atoms with Gasteiger partial charge < -0.3 is 5.32 Å². The van der Waals surface area contributed by atoms with E-state index in [4.69, 9.17) is 0 Å². The van der Waals surface area contributed by atoms with Crippen LogP contribution in [0.5, 0.6) is 0 Å². The number of rotatable bonds is 3. The molecule has 0 saturated carbocycles. The molecule has 17 heavy (non-hydrogen) atoms. The van der Waals surface area contributed by atoms with Gasteiger partial charge in [-0.15, -0.1) is 0 Å². The van der Waals surface area contributed by atoms with Crippen LogP contribution in [0.25, 0.3) is 0 Å². The zero-order chi connectivity index (χ0) is 12.3. The van der Waals surface area contributed by atoms with Crippen LogP contribution in [-0.4, -0.2) is 26.0 Å². The lowest BCUT2D eigenvalue weighted by molar-refractivity contribution is -0.383. The van der Waals surface area contributed by atoms with E-state index in [0.29, 0.717) is 0 Å². The Hall–Kier alpha value is -2.77. The third-order valence-electron chi connectivity index (χ3n) is 1.98. The lowest BCUT2D eigenvalue weighted by atomic mass is 10.2. The Labute approximate surface area is 94.8 Å². The Morgan fingerprint density at radius 2 is 2.18 bits per heavy atom. The fourth-order valence-corrected chi connectivity index (χ4v) is 1.23. The molecule has 2 N–H and O–H groups in total. The zero-order valence-electron chi connectivity index (χ0n) is 8.45. The number of nitro groups is 1. The van der Waals surface area contributed by atoms with Crippen LogP contribution in [0.2, 0.25) is 0 Å². The number of hydrogen-bond donors (Lipinski definition) is 2. The summed E-state index contributed by atoms with van der Waals surface area (Å²) in [5, 5.41) is 19.0. The van der Waals surface area contributed by atoms with E-state index < -0.39 is 10.8 Å². The minimum Gasteiger partial charge on any atom is -0.313 e. The fraction of sp³-hybridized carbons (Fsp3) is 0. The van der Waals surface area contributed by atoms with Crippen molar-refractivity contribution < 1.29 is 9.72 Å². The first-order valence-electron chi connectivity index (χ1n) is 4.58. The van der Waals surface area contributed by atoms with Crippen LogP contribution in [0.3, 0.4) is 0 Å². The number of aromatic nitrogens is 3. The molecule has 1 amide bonds. The van der Waals surface area contributed by atoms with Gasteiger partial charge in [0.25, 0.3) is 11.6 Å². The Kier molecular flexibility index (Phi) is 2.77. The first-order chi connectivity index (χ1) is 8.18. The van der Waals surface area contributed by atoms with Crippen LogP contribution < -0.4 is 5.32 Å². The maximum Gasteiger partial charge on any atom is 0.293 e. The molecule has 0 unspecified atom stereocenters.